The molecule has 1 atom stereocenters. The van der Waals surface area contributed by atoms with Crippen LogP contribution in [0, 0.1) is 0 Å². The molecule has 0 fully saturated rings. The van der Waals surface area contributed by atoms with E-state index in [-0.39, 0.29) is 11.6 Å². The molecule has 6 heteroatoms. The van der Waals surface area contributed by atoms with E-state index >= 15 is 0 Å². The Hall–Kier alpha value is -4.16. The molecule has 0 unspecified atom stereocenters. The van der Waals surface area contributed by atoms with E-state index in [1.54, 1.807) is 0 Å². The third kappa shape index (κ3) is 4.95. The second-order valence-corrected chi connectivity index (χ2v) is 11.9. The Kier molecular flexibility index (Phi) is 7.03. The van der Waals surface area contributed by atoms with Gasteiger partial charge in [-0.2, -0.15) is 0 Å². The van der Waals surface area contributed by atoms with Gasteiger partial charge in [0.25, 0.3) is 5.56 Å². The van der Waals surface area contributed by atoms with Crippen LogP contribution in [-0.2, 0) is 0 Å². The summed E-state index contributed by atoms with van der Waals surface area (Å²) in [6, 6.07) is 27.2. The fourth-order valence-electron chi connectivity index (χ4n) is 5.58. The first kappa shape index (κ1) is 26.1. The van der Waals surface area contributed by atoms with E-state index in [2.05, 4.69) is 78.5 Å². The minimum Gasteiger partial charge on any atom is -0.378 e. The number of anilines is 2. The van der Waals surface area contributed by atoms with E-state index < -0.39 is 0 Å². The molecule has 1 aliphatic heterocycles. The Labute approximate surface area is 239 Å². The van der Waals surface area contributed by atoms with Gasteiger partial charge in [0, 0.05) is 39.6 Å². The quantitative estimate of drug-likeness (QED) is 0.327. The number of hydrogen-bond acceptors (Lipinski definition) is 5. The van der Waals surface area contributed by atoms with Gasteiger partial charge in [-0.05, 0) is 83.5 Å². The van der Waals surface area contributed by atoms with Gasteiger partial charge in [0.15, 0.2) is 4.80 Å². The van der Waals surface area contributed by atoms with E-state index in [1.807, 2.05) is 55.1 Å². The summed E-state index contributed by atoms with van der Waals surface area (Å²) in [7, 11) is 8.21. The van der Waals surface area contributed by atoms with Crippen molar-refractivity contribution in [2.75, 3.05) is 38.0 Å². The predicted octanol–water partition coefficient (Wildman–Crippen LogP) is 5.61. The molecular formula is C34H34N4OS. The molecule has 6 rings (SSSR count). The van der Waals surface area contributed by atoms with Crippen molar-refractivity contribution in [2.45, 2.75) is 25.3 Å². The second kappa shape index (κ2) is 10.8. The van der Waals surface area contributed by atoms with Gasteiger partial charge < -0.3 is 9.80 Å². The predicted molar refractivity (Wildman–Crippen MR) is 168 cm³/mol. The average molecular weight is 547 g/mol. The number of benzene rings is 3. The van der Waals surface area contributed by atoms with Crippen molar-refractivity contribution < 1.29 is 0 Å². The van der Waals surface area contributed by atoms with Crippen LogP contribution in [0.2, 0.25) is 0 Å². The summed E-state index contributed by atoms with van der Waals surface area (Å²) in [6.45, 7) is 0. The van der Waals surface area contributed by atoms with Gasteiger partial charge in [-0.3, -0.25) is 9.36 Å². The molecule has 0 bridgehead atoms. The third-order valence-corrected chi connectivity index (χ3v) is 8.69. The number of thiazole rings is 1. The van der Waals surface area contributed by atoms with Crippen molar-refractivity contribution in [2.24, 2.45) is 4.99 Å². The highest BCUT2D eigenvalue weighted by Gasteiger charge is 2.32. The highest BCUT2D eigenvalue weighted by molar-refractivity contribution is 7.07. The molecule has 2 heterocycles. The van der Waals surface area contributed by atoms with Gasteiger partial charge in [0.2, 0.25) is 0 Å². The molecule has 2 aliphatic rings. The standard InChI is InChI=1S/C34H34N4OS/c1-36(2)27-17-13-24(14-18-27)21-26-11-8-12-29-31(26)35-34-38(32(29)25-15-19-28(20-16-25)37(3)4)33(39)30(40-34)22-23-9-6-5-7-10-23/h5-7,9-10,13-22,32H,8,11-12H2,1-4H3/b26-21+,30-22+/t32-/m1/s1. The maximum absolute atomic E-state index is 13.9. The van der Waals surface area contributed by atoms with Gasteiger partial charge in [-0.1, -0.05) is 65.9 Å². The van der Waals surface area contributed by atoms with Gasteiger partial charge in [0.05, 0.1) is 16.3 Å². The summed E-state index contributed by atoms with van der Waals surface area (Å²) in [5.74, 6) is 0. The smallest absolute Gasteiger partial charge is 0.271 e. The first-order valence-corrected chi connectivity index (χ1v) is 14.6. The number of hydrogen-bond donors (Lipinski definition) is 0. The lowest BCUT2D eigenvalue weighted by atomic mass is 9.83. The monoisotopic (exact) mass is 546 g/mol. The summed E-state index contributed by atoms with van der Waals surface area (Å²) >= 11 is 1.49. The highest BCUT2D eigenvalue weighted by atomic mass is 32.1. The first-order valence-electron chi connectivity index (χ1n) is 13.7. The zero-order valence-electron chi connectivity index (χ0n) is 23.5. The van der Waals surface area contributed by atoms with Crippen LogP contribution in [-0.4, -0.2) is 32.8 Å². The van der Waals surface area contributed by atoms with Gasteiger partial charge in [0.1, 0.15) is 0 Å². The Bertz CT molecular complexity index is 1770. The van der Waals surface area contributed by atoms with Crippen molar-refractivity contribution in [3.63, 3.8) is 0 Å². The Morgan fingerprint density at radius 2 is 1.43 bits per heavy atom. The minimum absolute atomic E-state index is 0.0243. The van der Waals surface area contributed by atoms with Crippen LogP contribution >= 0.6 is 11.3 Å². The average Bonchev–Trinajstić information content (AvgIpc) is 3.27. The SMILES string of the molecule is CN(C)c1ccc(/C=C2\CCCC3=C2N=c2s/c(=C/c4ccccc4)c(=O)n2[C@@H]3c2ccc(N(C)C)cc2)cc1. The molecule has 1 aromatic heterocycles. The Morgan fingerprint density at radius 3 is 2.08 bits per heavy atom. The van der Waals surface area contributed by atoms with E-state index in [4.69, 9.17) is 4.99 Å². The molecule has 0 saturated carbocycles. The number of rotatable bonds is 5. The molecule has 40 heavy (non-hydrogen) atoms. The largest absolute Gasteiger partial charge is 0.378 e. The number of allylic oxidation sites excluding steroid dienone is 2. The molecule has 1 aliphatic carbocycles. The summed E-state index contributed by atoms with van der Waals surface area (Å²) in [6.07, 6.45) is 7.21. The van der Waals surface area contributed by atoms with Crippen molar-refractivity contribution in [1.82, 2.24) is 4.57 Å². The second-order valence-electron chi connectivity index (χ2n) is 10.9. The van der Waals surface area contributed by atoms with Crippen LogP contribution in [0.5, 0.6) is 0 Å². The summed E-state index contributed by atoms with van der Waals surface area (Å²) in [4.78, 5) is 24.1. The van der Waals surface area contributed by atoms with E-state index in [0.717, 1.165) is 46.6 Å². The van der Waals surface area contributed by atoms with Crippen LogP contribution in [0.1, 0.15) is 42.0 Å². The van der Waals surface area contributed by atoms with Gasteiger partial charge in [-0.25, -0.2) is 4.99 Å². The lowest BCUT2D eigenvalue weighted by Crippen LogP contribution is -2.39. The Morgan fingerprint density at radius 1 is 0.800 bits per heavy atom. The summed E-state index contributed by atoms with van der Waals surface area (Å²) in [5.41, 5.74) is 9.19. The first-order chi connectivity index (χ1) is 19.4. The summed E-state index contributed by atoms with van der Waals surface area (Å²) in [5, 5.41) is 0. The van der Waals surface area contributed by atoms with Crippen molar-refractivity contribution in [3.05, 3.63) is 132 Å². The number of aromatic nitrogens is 1. The third-order valence-electron chi connectivity index (χ3n) is 7.71. The van der Waals surface area contributed by atoms with Crippen LogP contribution in [0.3, 0.4) is 0 Å². The molecule has 0 radical (unpaired) electrons. The number of fused-ring (bicyclic) bond motifs is 1. The van der Waals surface area contributed by atoms with Crippen LogP contribution in [0.4, 0.5) is 11.4 Å². The van der Waals surface area contributed by atoms with Gasteiger partial charge in [-0.15, -0.1) is 0 Å². The normalized spacial score (nSPS) is 17.9. The zero-order chi connectivity index (χ0) is 27.8. The van der Waals surface area contributed by atoms with E-state index in [9.17, 15) is 4.79 Å². The summed E-state index contributed by atoms with van der Waals surface area (Å²) < 4.78 is 2.64. The zero-order valence-corrected chi connectivity index (χ0v) is 24.3. The molecular weight excluding hydrogens is 512 g/mol. The molecule has 0 amide bonds. The molecule has 202 valence electrons. The van der Waals surface area contributed by atoms with Crippen LogP contribution in [0.25, 0.3) is 12.2 Å². The lowest BCUT2D eigenvalue weighted by Gasteiger charge is -2.31. The van der Waals surface area contributed by atoms with Crippen molar-refractivity contribution >= 4 is 34.9 Å². The molecule has 4 aromatic rings. The minimum atomic E-state index is -0.166. The topological polar surface area (TPSA) is 40.8 Å². The lowest BCUT2D eigenvalue weighted by molar-refractivity contribution is 0.553. The fourth-order valence-corrected chi connectivity index (χ4v) is 6.58. The number of nitrogens with zero attached hydrogens (tertiary/aromatic N) is 4. The molecule has 3 aromatic carbocycles. The molecule has 0 saturated heterocycles. The van der Waals surface area contributed by atoms with Crippen LogP contribution in [0.15, 0.2) is 105 Å². The Balaban J connectivity index is 1.53. The maximum Gasteiger partial charge on any atom is 0.271 e. The van der Waals surface area contributed by atoms with Crippen molar-refractivity contribution in [1.29, 1.82) is 0 Å². The van der Waals surface area contributed by atoms with Gasteiger partial charge >= 0.3 is 0 Å². The van der Waals surface area contributed by atoms with Crippen molar-refractivity contribution in [3.8, 4) is 0 Å². The van der Waals surface area contributed by atoms with E-state index in [1.165, 1.54) is 33.7 Å². The highest BCUT2D eigenvalue weighted by Crippen LogP contribution is 2.41. The molecule has 5 nitrogen and oxygen atoms in total. The molecule has 0 N–H and O–H groups in total. The van der Waals surface area contributed by atoms with Crippen LogP contribution < -0.4 is 24.7 Å². The molecule has 0 spiro atoms. The fraction of sp³-hybridized carbons (Fsp3) is 0.235. The maximum atomic E-state index is 13.9. The van der Waals surface area contributed by atoms with E-state index in [0.29, 0.717) is 4.53 Å².